The van der Waals surface area contributed by atoms with E-state index in [1.165, 1.54) is 29.5 Å². The third-order valence-corrected chi connectivity index (χ3v) is 8.36. The first-order chi connectivity index (χ1) is 15.7. The summed E-state index contributed by atoms with van der Waals surface area (Å²) in [5.41, 5.74) is 4.38. The first-order valence-electron chi connectivity index (χ1n) is 11.8. The molecule has 1 atom stereocenters. The van der Waals surface area contributed by atoms with Gasteiger partial charge in [-0.25, -0.2) is 0 Å². The van der Waals surface area contributed by atoms with Crippen molar-refractivity contribution in [1.29, 1.82) is 0 Å². The van der Waals surface area contributed by atoms with Crippen LogP contribution in [0.5, 0.6) is 0 Å². The zero-order valence-corrected chi connectivity index (χ0v) is 19.6. The molecule has 3 nitrogen and oxygen atoms in total. The highest BCUT2D eigenvalue weighted by atomic mass is 32.1. The largest absolute Gasteiger partial charge is 0.337 e. The maximum Gasteiger partial charge on any atom is 0.263 e. The topological polar surface area (TPSA) is 23.6 Å². The number of hydrogen-bond donors (Lipinski definition) is 0. The van der Waals surface area contributed by atoms with E-state index < -0.39 is 0 Å². The lowest BCUT2D eigenvalue weighted by atomic mass is 9.84. The molecule has 166 valence electrons. The quantitative estimate of drug-likeness (QED) is 0.514. The summed E-state index contributed by atoms with van der Waals surface area (Å²) in [6.45, 7) is 2.27. The number of carbonyl (C=O) groups is 1. The minimum absolute atomic E-state index is 0.162. The Labute approximate surface area is 195 Å². The number of hydrogen-bond acceptors (Lipinski definition) is 3. The van der Waals surface area contributed by atoms with Crippen molar-refractivity contribution in [2.75, 3.05) is 20.1 Å². The molecule has 1 unspecified atom stereocenters. The monoisotopic (exact) mass is 444 g/mol. The van der Waals surface area contributed by atoms with Crippen molar-refractivity contribution >= 4 is 17.2 Å². The minimum atomic E-state index is 0.162. The molecular formula is C28H32N2OS. The lowest BCUT2D eigenvalue weighted by Gasteiger charge is -2.41. The molecule has 1 amide bonds. The predicted molar refractivity (Wildman–Crippen MR) is 132 cm³/mol. The van der Waals surface area contributed by atoms with Crippen LogP contribution in [0.2, 0.25) is 0 Å². The molecule has 1 saturated heterocycles. The summed E-state index contributed by atoms with van der Waals surface area (Å²) < 4.78 is 0. The van der Waals surface area contributed by atoms with E-state index in [-0.39, 0.29) is 11.9 Å². The smallest absolute Gasteiger partial charge is 0.263 e. The first kappa shape index (κ1) is 21.4. The minimum Gasteiger partial charge on any atom is -0.337 e. The van der Waals surface area contributed by atoms with E-state index in [9.17, 15) is 4.79 Å². The van der Waals surface area contributed by atoms with Crippen LogP contribution in [0.1, 0.15) is 39.2 Å². The molecule has 2 aliphatic rings. The van der Waals surface area contributed by atoms with Gasteiger partial charge in [0.25, 0.3) is 5.91 Å². The molecule has 2 heterocycles. The lowest BCUT2D eigenvalue weighted by Crippen LogP contribution is -2.49. The van der Waals surface area contributed by atoms with Gasteiger partial charge in [0.05, 0.1) is 4.88 Å². The Hall–Kier alpha value is -2.43. The Bertz CT molecular complexity index is 1000. The maximum absolute atomic E-state index is 13.2. The second kappa shape index (κ2) is 9.60. The zero-order chi connectivity index (χ0) is 21.9. The molecule has 1 aliphatic carbocycles. The predicted octanol–water partition coefficient (Wildman–Crippen LogP) is 5.31. The summed E-state index contributed by atoms with van der Waals surface area (Å²) >= 11 is 1.54. The van der Waals surface area contributed by atoms with Crippen molar-refractivity contribution in [3.05, 3.63) is 93.7 Å². The Morgan fingerprint density at radius 3 is 2.25 bits per heavy atom. The van der Waals surface area contributed by atoms with Crippen molar-refractivity contribution in [2.45, 2.75) is 44.2 Å². The molecule has 0 radical (unpaired) electrons. The van der Waals surface area contributed by atoms with Gasteiger partial charge in [-0.05, 0) is 79.2 Å². The molecular weight excluding hydrogens is 412 g/mol. The van der Waals surface area contributed by atoms with Crippen LogP contribution >= 0.6 is 11.3 Å². The highest BCUT2D eigenvalue weighted by Crippen LogP contribution is 2.32. The summed E-state index contributed by atoms with van der Waals surface area (Å²) in [5.74, 6) is 0.693. The highest BCUT2D eigenvalue weighted by molar-refractivity contribution is 7.12. The molecule has 1 aromatic heterocycles. The van der Waals surface area contributed by atoms with E-state index >= 15 is 0 Å². The van der Waals surface area contributed by atoms with Crippen LogP contribution in [0.3, 0.4) is 0 Å². The average Bonchev–Trinajstić information content (AvgIpc) is 3.53. The van der Waals surface area contributed by atoms with Gasteiger partial charge in [-0.2, -0.15) is 0 Å². The number of amides is 1. The van der Waals surface area contributed by atoms with Crippen molar-refractivity contribution in [2.24, 2.45) is 5.92 Å². The van der Waals surface area contributed by atoms with Gasteiger partial charge >= 0.3 is 0 Å². The van der Waals surface area contributed by atoms with E-state index in [1.54, 1.807) is 11.3 Å². The number of piperidine rings is 1. The zero-order valence-electron chi connectivity index (χ0n) is 18.8. The summed E-state index contributed by atoms with van der Waals surface area (Å²) in [6.07, 6.45) is 5.61. The van der Waals surface area contributed by atoms with Gasteiger partial charge in [0, 0.05) is 19.1 Å². The fourth-order valence-electron chi connectivity index (χ4n) is 5.66. The van der Waals surface area contributed by atoms with Crippen molar-refractivity contribution in [1.82, 2.24) is 9.80 Å². The molecule has 4 heteroatoms. The molecule has 3 aromatic rings. The standard InChI is InChI=1S/C28H32N2OS/c1-29(28(31)27-12-7-17-32-27)26(18-21-8-3-2-4-9-21)22-13-15-30(16-14-22)25-19-23-10-5-6-11-24(23)20-25/h2-12,17,22,25-26H,13-16,18-20H2,1H3. The molecule has 5 rings (SSSR count). The second-order valence-electron chi connectivity index (χ2n) is 9.35. The molecule has 32 heavy (non-hydrogen) atoms. The summed E-state index contributed by atoms with van der Waals surface area (Å²) in [5, 5.41) is 1.99. The van der Waals surface area contributed by atoms with E-state index in [1.807, 2.05) is 29.5 Å². The third-order valence-electron chi connectivity index (χ3n) is 7.50. The summed E-state index contributed by atoms with van der Waals surface area (Å²) in [6, 6.07) is 24.4. The molecule has 0 N–H and O–H groups in total. The van der Waals surface area contributed by atoms with E-state index in [0.29, 0.717) is 12.0 Å². The lowest BCUT2D eigenvalue weighted by molar-refractivity contribution is 0.0552. The van der Waals surface area contributed by atoms with E-state index in [2.05, 4.69) is 59.5 Å². The van der Waals surface area contributed by atoms with Gasteiger partial charge in [-0.1, -0.05) is 60.7 Å². The fourth-order valence-corrected chi connectivity index (χ4v) is 6.37. The van der Waals surface area contributed by atoms with Crippen LogP contribution in [0, 0.1) is 5.92 Å². The summed E-state index contributed by atoms with van der Waals surface area (Å²) in [4.78, 5) is 18.8. The first-order valence-corrected chi connectivity index (χ1v) is 12.7. The second-order valence-corrected chi connectivity index (χ2v) is 10.3. The van der Waals surface area contributed by atoms with E-state index in [4.69, 9.17) is 0 Å². The van der Waals surface area contributed by atoms with Gasteiger partial charge in [0.15, 0.2) is 0 Å². The van der Waals surface area contributed by atoms with Crippen molar-refractivity contribution < 1.29 is 4.79 Å². The molecule has 1 aliphatic heterocycles. The number of likely N-dealkylation sites (N-methyl/N-ethyl adjacent to an activating group) is 1. The van der Waals surface area contributed by atoms with Crippen LogP contribution in [0.4, 0.5) is 0 Å². The molecule has 2 aromatic carbocycles. The molecule has 1 fully saturated rings. The van der Waals surface area contributed by atoms with Crippen LogP contribution in [0.25, 0.3) is 0 Å². The van der Waals surface area contributed by atoms with Gasteiger partial charge in [0.2, 0.25) is 0 Å². The van der Waals surface area contributed by atoms with Crippen molar-refractivity contribution in [3.63, 3.8) is 0 Å². The number of fused-ring (bicyclic) bond motifs is 1. The Balaban J connectivity index is 1.27. The van der Waals surface area contributed by atoms with Gasteiger partial charge in [0.1, 0.15) is 0 Å². The number of nitrogens with zero attached hydrogens (tertiary/aromatic N) is 2. The van der Waals surface area contributed by atoms with Gasteiger partial charge in [-0.15, -0.1) is 11.3 Å². The average molecular weight is 445 g/mol. The number of carbonyl (C=O) groups excluding carboxylic acids is 1. The van der Waals surface area contributed by atoms with Gasteiger partial charge < -0.3 is 4.90 Å². The summed E-state index contributed by atoms with van der Waals surface area (Å²) in [7, 11) is 2.01. The number of rotatable bonds is 6. The van der Waals surface area contributed by atoms with E-state index in [0.717, 1.165) is 37.2 Å². The van der Waals surface area contributed by atoms with Crippen LogP contribution in [0.15, 0.2) is 72.1 Å². The van der Waals surface area contributed by atoms with Gasteiger partial charge in [-0.3, -0.25) is 9.69 Å². The number of thiophene rings is 1. The van der Waals surface area contributed by atoms with Crippen LogP contribution in [-0.4, -0.2) is 47.9 Å². The molecule has 0 spiro atoms. The van der Waals surface area contributed by atoms with Crippen LogP contribution < -0.4 is 0 Å². The SMILES string of the molecule is CN(C(=O)c1cccs1)C(Cc1ccccc1)C1CCN(C2Cc3ccccc3C2)CC1. The molecule has 0 bridgehead atoms. The van der Waals surface area contributed by atoms with Crippen molar-refractivity contribution in [3.8, 4) is 0 Å². The Morgan fingerprint density at radius 1 is 0.969 bits per heavy atom. The fraction of sp³-hybridized carbons (Fsp3) is 0.393. The number of benzene rings is 2. The Kier molecular flexibility index (Phi) is 6.42. The van der Waals surface area contributed by atoms with Crippen LogP contribution in [-0.2, 0) is 19.3 Å². The maximum atomic E-state index is 13.2. The highest BCUT2D eigenvalue weighted by Gasteiger charge is 2.35. The molecule has 0 saturated carbocycles. The Morgan fingerprint density at radius 2 is 1.62 bits per heavy atom. The third kappa shape index (κ3) is 4.53. The number of likely N-dealkylation sites (tertiary alicyclic amines) is 1. The normalized spacial score (nSPS) is 18.4.